The number of methoxy groups -OCH3 is 1. The molecule has 0 bridgehead atoms. The van der Waals surface area contributed by atoms with Gasteiger partial charge in [-0.2, -0.15) is 0 Å². The van der Waals surface area contributed by atoms with E-state index in [0.29, 0.717) is 28.6 Å². The molecule has 0 spiro atoms. The number of anilines is 1. The van der Waals surface area contributed by atoms with Crippen LogP contribution in [0.1, 0.15) is 34.0 Å². The highest BCUT2D eigenvalue weighted by Gasteiger charge is 2.35. The first kappa shape index (κ1) is 25.1. The summed E-state index contributed by atoms with van der Waals surface area (Å²) in [6, 6.07) is 19.8. The van der Waals surface area contributed by atoms with Crippen LogP contribution in [0.3, 0.4) is 0 Å². The van der Waals surface area contributed by atoms with Gasteiger partial charge in [0.1, 0.15) is 0 Å². The number of carbonyl (C=O) groups is 3. The zero-order valence-electron chi connectivity index (χ0n) is 20.2. The summed E-state index contributed by atoms with van der Waals surface area (Å²) in [4.78, 5) is 39.7. The van der Waals surface area contributed by atoms with Crippen molar-refractivity contribution >= 4 is 40.6 Å². The van der Waals surface area contributed by atoms with Gasteiger partial charge in [-0.05, 0) is 78.7 Å². The SMILES string of the molecule is CCOc1ccc(/C=C2\SC(=O)N(Cc3ccc(C(=O)Nc4ccccc4C)cc3)C2=O)cc1OC. The van der Waals surface area contributed by atoms with E-state index in [1.165, 1.54) is 4.90 Å². The molecule has 184 valence electrons. The van der Waals surface area contributed by atoms with Gasteiger partial charge in [-0.15, -0.1) is 0 Å². The summed E-state index contributed by atoms with van der Waals surface area (Å²) >= 11 is 0.897. The van der Waals surface area contributed by atoms with Gasteiger partial charge in [-0.1, -0.05) is 36.4 Å². The molecule has 1 fully saturated rings. The van der Waals surface area contributed by atoms with Crippen LogP contribution in [0.4, 0.5) is 10.5 Å². The number of thioether (sulfide) groups is 1. The van der Waals surface area contributed by atoms with Crippen LogP contribution in [-0.4, -0.2) is 35.7 Å². The average molecular weight is 503 g/mol. The lowest BCUT2D eigenvalue weighted by atomic mass is 10.1. The van der Waals surface area contributed by atoms with E-state index in [2.05, 4.69) is 5.32 Å². The second kappa shape index (κ2) is 11.1. The Morgan fingerprint density at radius 1 is 1.03 bits per heavy atom. The standard InChI is InChI=1S/C28H26N2O5S/c1-4-35-23-14-11-20(15-24(23)34-3)16-25-27(32)30(28(33)36-25)17-19-9-12-21(13-10-19)26(31)29-22-8-6-5-7-18(22)2/h5-16H,4,17H2,1-3H3,(H,29,31)/b25-16-. The summed E-state index contributed by atoms with van der Waals surface area (Å²) in [5, 5.41) is 2.55. The number of amides is 3. The summed E-state index contributed by atoms with van der Waals surface area (Å²) in [5.41, 5.74) is 3.68. The third-order valence-electron chi connectivity index (χ3n) is 5.61. The minimum Gasteiger partial charge on any atom is -0.493 e. The predicted molar refractivity (Wildman–Crippen MR) is 141 cm³/mol. The number of ether oxygens (including phenoxy) is 2. The van der Waals surface area contributed by atoms with Crippen molar-refractivity contribution in [1.29, 1.82) is 0 Å². The van der Waals surface area contributed by atoms with Crippen molar-refractivity contribution in [2.75, 3.05) is 19.0 Å². The molecule has 1 aliphatic rings. The molecule has 1 heterocycles. The van der Waals surface area contributed by atoms with Gasteiger partial charge in [-0.25, -0.2) is 0 Å². The first-order valence-electron chi connectivity index (χ1n) is 11.4. The average Bonchev–Trinajstić information content (AvgIpc) is 3.14. The van der Waals surface area contributed by atoms with E-state index in [1.54, 1.807) is 49.6 Å². The van der Waals surface area contributed by atoms with Crippen LogP contribution in [-0.2, 0) is 11.3 Å². The highest BCUT2D eigenvalue weighted by atomic mass is 32.2. The van der Waals surface area contributed by atoms with Crippen LogP contribution in [0.15, 0.2) is 71.6 Å². The lowest BCUT2D eigenvalue weighted by Crippen LogP contribution is -2.27. The van der Waals surface area contributed by atoms with E-state index in [0.717, 1.165) is 34.1 Å². The van der Waals surface area contributed by atoms with Crippen molar-refractivity contribution in [1.82, 2.24) is 4.90 Å². The number of hydrogen-bond donors (Lipinski definition) is 1. The third-order valence-corrected chi connectivity index (χ3v) is 6.52. The van der Waals surface area contributed by atoms with E-state index in [9.17, 15) is 14.4 Å². The van der Waals surface area contributed by atoms with Gasteiger partial charge in [0.2, 0.25) is 0 Å². The molecular weight excluding hydrogens is 476 g/mol. The summed E-state index contributed by atoms with van der Waals surface area (Å²) < 4.78 is 10.9. The van der Waals surface area contributed by atoms with Crippen LogP contribution < -0.4 is 14.8 Å². The Bertz CT molecular complexity index is 1330. The van der Waals surface area contributed by atoms with Crippen molar-refractivity contribution in [3.05, 3.63) is 93.9 Å². The second-order valence-corrected chi connectivity index (χ2v) is 9.07. The molecule has 1 N–H and O–H groups in total. The molecule has 0 unspecified atom stereocenters. The van der Waals surface area contributed by atoms with Crippen LogP contribution in [0, 0.1) is 6.92 Å². The Morgan fingerprint density at radius 2 is 1.78 bits per heavy atom. The number of aryl methyl sites for hydroxylation is 1. The lowest BCUT2D eigenvalue weighted by molar-refractivity contribution is -0.123. The first-order valence-corrected chi connectivity index (χ1v) is 12.2. The fraction of sp³-hybridized carbons (Fsp3) is 0.179. The van der Waals surface area contributed by atoms with E-state index >= 15 is 0 Å². The highest BCUT2D eigenvalue weighted by Crippen LogP contribution is 2.35. The molecule has 36 heavy (non-hydrogen) atoms. The van der Waals surface area contributed by atoms with Crippen molar-refractivity contribution in [2.24, 2.45) is 0 Å². The smallest absolute Gasteiger partial charge is 0.293 e. The zero-order chi connectivity index (χ0) is 25.7. The third kappa shape index (κ3) is 5.60. The number of carbonyl (C=O) groups excluding carboxylic acids is 3. The topological polar surface area (TPSA) is 84.9 Å². The molecular formula is C28H26N2O5S. The molecule has 3 aromatic carbocycles. The Labute approximate surface area is 214 Å². The zero-order valence-corrected chi connectivity index (χ0v) is 21.1. The van der Waals surface area contributed by atoms with Crippen molar-refractivity contribution in [3.63, 3.8) is 0 Å². The number of imide groups is 1. The monoisotopic (exact) mass is 502 g/mol. The highest BCUT2D eigenvalue weighted by molar-refractivity contribution is 8.18. The van der Waals surface area contributed by atoms with Gasteiger partial charge in [0.25, 0.3) is 17.1 Å². The van der Waals surface area contributed by atoms with Gasteiger partial charge in [-0.3, -0.25) is 19.3 Å². The number of para-hydroxylation sites is 1. The molecule has 8 heteroatoms. The number of rotatable bonds is 8. The van der Waals surface area contributed by atoms with Gasteiger partial charge in [0.15, 0.2) is 11.5 Å². The summed E-state index contributed by atoms with van der Waals surface area (Å²) in [6.07, 6.45) is 1.67. The van der Waals surface area contributed by atoms with E-state index in [4.69, 9.17) is 9.47 Å². The Balaban J connectivity index is 1.44. The summed E-state index contributed by atoms with van der Waals surface area (Å²) in [5.74, 6) is 0.577. The minimum atomic E-state index is -0.362. The normalized spacial score (nSPS) is 14.3. The van der Waals surface area contributed by atoms with E-state index in [1.807, 2.05) is 44.2 Å². The van der Waals surface area contributed by atoms with Crippen LogP contribution in [0.25, 0.3) is 6.08 Å². The Kier molecular flexibility index (Phi) is 7.75. The number of benzene rings is 3. The largest absolute Gasteiger partial charge is 0.493 e. The number of nitrogens with zero attached hydrogens (tertiary/aromatic N) is 1. The quantitative estimate of drug-likeness (QED) is 0.387. The fourth-order valence-electron chi connectivity index (χ4n) is 3.69. The summed E-state index contributed by atoms with van der Waals surface area (Å²) in [7, 11) is 1.55. The van der Waals surface area contributed by atoms with E-state index in [-0.39, 0.29) is 23.6 Å². The number of hydrogen-bond acceptors (Lipinski definition) is 6. The molecule has 7 nitrogen and oxygen atoms in total. The van der Waals surface area contributed by atoms with Crippen molar-refractivity contribution < 1.29 is 23.9 Å². The Morgan fingerprint density at radius 3 is 2.47 bits per heavy atom. The second-order valence-electron chi connectivity index (χ2n) is 8.08. The van der Waals surface area contributed by atoms with Gasteiger partial charge < -0.3 is 14.8 Å². The molecule has 0 radical (unpaired) electrons. The van der Waals surface area contributed by atoms with Crippen molar-refractivity contribution in [3.8, 4) is 11.5 Å². The molecule has 3 aromatic rings. The maximum Gasteiger partial charge on any atom is 0.293 e. The minimum absolute atomic E-state index is 0.119. The Hall–Kier alpha value is -4.04. The molecule has 0 aliphatic carbocycles. The molecule has 0 atom stereocenters. The molecule has 0 aromatic heterocycles. The lowest BCUT2D eigenvalue weighted by Gasteiger charge is -2.13. The molecule has 0 saturated carbocycles. The van der Waals surface area contributed by atoms with Crippen molar-refractivity contribution in [2.45, 2.75) is 20.4 Å². The predicted octanol–water partition coefficient (Wildman–Crippen LogP) is 5.89. The molecule has 3 amide bonds. The molecule has 4 rings (SSSR count). The van der Waals surface area contributed by atoms with Gasteiger partial charge in [0, 0.05) is 11.3 Å². The van der Waals surface area contributed by atoms with Crippen LogP contribution in [0.2, 0.25) is 0 Å². The van der Waals surface area contributed by atoms with Crippen LogP contribution >= 0.6 is 11.8 Å². The van der Waals surface area contributed by atoms with Crippen LogP contribution in [0.5, 0.6) is 11.5 Å². The van der Waals surface area contributed by atoms with Gasteiger partial charge in [0.05, 0.1) is 25.2 Å². The molecule has 1 saturated heterocycles. The molecule has 1 aliphatic heterocycles. The summed E-state index contributed by atoms with van der Waals surface area (Å²) in [6.45, 7) is 4.44. The fourth-order valence-corrected chi connectivity index (χ4v) is 4.53. The van der Waals surface area contributed by atoms with Gasteiger partial charge >= 0.3 is 0 Å². The maximum atomic E-state index is 13.0. The van der Waals surface area contributed by atoms with E-state index < -0.39 is 0 Å². The first-order chi connectivity index (χ1) is 17.4. The maximum absolute atomic E-state index is 13.0. The number of nitrogens with one attached hydrogen (secondary N) is 1.